The zero-order valence-corrected chi connectivity index (χ0v) is 25.8. The van der Waals surface area contributed by atoms with Gasteiger partial charge in [0.05, 0.1) is 6.61 Å². The molecule has 0 aliphatic heterocycles. The Bertz CT molecular complexity index is 1230. The van der Waals surface area contributed by atoms with Gasteiger partial charge in [0.2, 0.25) is 0 Å². The smallest absolute Gasteiger partial charge is 0.123 e. The Hall–Kier alpha value is -3.20. The van der Waals surface area contributed by atoms with Crippen molar-refractivity contribution >= 4 is 11.4 Å². The summed E-state index contributed by atoms with van der Waals surface area (Å²) in [7, 11) is 0. The standard InChI is InChI=1S/C39H52N2O/c1-2-3-5-29-9-17-33(18-10-29)35-21-13-31(14-22-35)7-8-32-15-23-36(24-16-32)34-19-11-30(12-20-34)6-4-25-42-39-27-37(40)26-38(41)28-39/h7-12,17-20,26-28,31-32,35-36H,2-6,13-16,21-25,40-41H2,1H3. The van der Waals surface area contributed by atoms with Crippen LogP contribution in [0.1, 0.15) is 112 Å². The summed E-state index contributed by atoms with van der Waals surface area (Å²) in [4.78, 5) is 0. The first-order chi connectivity index (χ1) is 20.6. The lowest BCUT2D eigenvalue weighted by atomic mass is 9.76. The van der Waals surface area contributed by atoms with E-state index in [1.54, 1.807) is 11.6 Å². The second-order valence-corrected chi connectivity index (χ2v) is 13.0. The zero-order valence-electron chi connectivity index (χ0n) is 25.8. The van der Waals surface area contributed by atoms with Crippen LogP contribution in [0.15, 0.2) is 78.9 Å². The summed E-state index contributed by atoms with van der Waals surface area (Å²) in [6.45, 7) is 2.94. The molecule has 2 fully saturated rings. The molecule has 3 nitrogen and oxygen atoms in total. The van der Waals surface area contributed by atoms with Crippen LogP contribution < -0.4 is 16.2 Å². The molecule has 0 heterocycles. The van der Waals surface area contributed by atoms with Gasteiger partial charge in [0.25, 0.3) is 0 Å². The van der Waals surface area contributed by atoms with E-state index in [0.29, 0.717) is 23.9 Å². The molecule has 0 saturated heterocycles. The molecule has 0 aromatic heterocycles. The molecule has 42 heavy (non-hydrogen) atoms. The fourth-order valence-corrected chi connectivity index (χ4v) is 7.09. The van der Waals surface area contributed by atoms with E-state index in [1.807, 2.05) is 12.1 Å². The molecule has 0 amide bonds. The molecule has 0 bridgehead atoms. The van der Waals surface area contributed by atoms with Crippen LogP contribution in [-0.2, 0) is 12.8 Å². The molecule has 0 radical (unpaired) electrons. The average Bonchev–Trinajstić information content (AvgIpc) is 3.02. The van der Waals surface area contributed by atoms with E-state index in [9.17, 15) is 0 Å². The van der Waals surface area contributed by atoms with Gasteiger partial charge in [-0.3, -0.25) is 0 Å². The molecule has 3 aromatic carbocycles. The molecule has 0 unspecified atom stereocenters. The van der Waals surface area contributed by atoms with Crippen molar-refractivity contribution in [1.29, 1.82) is 0 Å². The van der Waals surface area contributed by atoms with Gasteiger partial charge < -0.3 is 16.2 Å². The van der Waals surface area contributed by atoms with Crippen molar-refractivity contribution in [2.24, 2.45) is 11.8 Å². The lowest BCUT2D eigenvalue weighted by Gasteiger charge is -2.29. The molecule has 2 saturated carbocycles. The van der Waals surface area contributed by atoms with E-state index >= 15 is 0 Å². The molecular weight excluding hydrogens is 512 g/mol. The lowest BCUT2D eigenvalue weighted by Crippen LogP contribution is -2.14. The van der Waals surface area contributed by atoms with Gasteiger partial charge in [0, 0.05) is 23.5 Å². The van der Waals surface area contributed by atoms with Crippen molar-refractivity contribution in [3.8, 4) is 5.75 Å². The van der Waals surface area contributed by atoms with Crippen LogP contribution >= 0.6 is 0 Å². The van der Waals surface area contributed by atoms with Gasteiger partial charge in [0.15, 0.2) is 0 Å². The maximum atomic E-state index is 5.85. The van der Waals surface area contributed by atoms with Crippen LogP contribution in [0.2, 0.25) is 0 Å². The Labute approximate surface area is 254 Å². The molecule has 3 heteroatoms. The first-order valence-electron chi connectivity index (χ1n) is 16.7. The Kier molecular flexibility index (Phi) is 11.0. The van der Waals surface area contributed by atoms with Gasteiger partial charge in [-0.25, -0.2) is 0 Å². The topological polar surface area (TPSA) is 61.3 Å². The number of hydrogen-bond acceptors (Lipinski definition) is 3. The number of unbranched alkanes of at least 4 members (excludes halogenated alkanes) is 1. The lowest BCUT2D eigenvalue weighted by molar-refractivity contribution is 0.311. The summed E-state index contributed by atoms with van der Waals surface area (Å²) in [5.41, 5.74) is 19.0. The Morgan fingerprint density at radius 1 is 0.619 bits per heavy atom. The number of rotatable bonds is 12. The van der Waals surface area contributed by atoms with Crippen molar-refractivity contribution < 1.29 is 4.74 Å². The van der Waals surface area contributed by atoms with Gasteiger partial charge in [-0.15, -0.1) is 0 Å². The van der Waals surface area contributed by atoms with Crippen LogP contribution in [0.25, 0.3) is 0 Å². The molecule has 0 spiro atoms. The van der Waals surface area contributed by atoms with Crippen LogP contribution in [0.3, 0.4) is 0 Å². The van der Waals surface area contributed by atoms with Gasteiger partial charge in [-0.2, -0.15) is 0 Å². The molecular formula is C39H52N2O. The van der Waals surface area contributed by atoms with Crippen LogP contribution in [0.4, 0.5) is 11.4 Å². The number of allylic oxidation sites excluding steroid dienone is 2. The van der Waals surface area contributed by atoms with E-state index in [4.69, 9.17) is 16.2 Å². The highest BCUT2D eigenvalue weighted by Crippen LogP contribution is 2.39. The number of hydrogen-bond donors (Lipinski definition) is 2. The Morgan fingerprint density at radius 3 is 1.52 bits per heavy atom. The second kappa shape index (κ2) is 15.3. The van der Waals surface area contributed by atoms with Gasteiger partial charge >= 0.3 is 0 Å². The van der Waals surface area contributed by atoms with E-state index in [2.05, 4.69) is 67.6 Å². The number of aryl methyl sites for hydroxylation is 2. The highest BCUT2D eigenvalue weighted by atomic mass is 16.5. The average molecular weight is 565 g/mol. The molecule has 5 rings (SSSR count). The maximum Gasteiger partial charge on any atom is 0.123 e. The quantitative estimate of drug-likeness (QED) is 0.131. The predicted molar refractivity (Wildman–Crippen MR) is 179 cm³/mol. The summed E-state index contributed by atoms with van der Waals surface area (Å²) >= 11 is 0. The summed E-state index contributed by atoms with van der Waals surface area (Å²) in [5.74, 6) is 3.78. The summed E-state index contributed by atoms with van der Waals surface area (Å²) < 4.78 is 5.85. The third-order valence-corrected chi connectivity index (χ3v) is 9.75. The molecule has 2 aliphatic carbocycles. The van der Waals surface area contributed by atoms with Crippen molar-refractivity contribution in [3.05, 3.63) is 101 Å². The first kappa shape index (κ1) is 30.3. The largest absolute Gasteiger partial charge is 0.493 e. The van der Waals surface area contributed by atoms with Crippen LogP contribution in [-0.4, -0.2) is 6.61 Å². The van der Waals surface area contributed by atoms with Crippen molar-refractivity contribution in [1.82, 2.24) is 0 Å². The van der Waals surface area contributed by atoms with Gasteiger partial charge in [-0.1, -0.05) is 74.0 Å². The SMILES string of the molecule is CCCCc1ccc(C2CCC(C=CC3CCC(c4ccc(CCCOc5cc(N)cc(N)c5)cc4)CC3)CC2)cc1. The second-order valence-electron chi connectivity index (χ2n) is 13.0. The van der Waals surface area contributed by atoms with Gasteiger partial charge in [0.1, 0.15) is 5.75 Å². The van der Waals surface area contributed by atoms with E-state index in [0.717, 1.165) is 36.3 Å². The monoisotopic (exact) mass is 564 g/mol. The minimum absolute atomic E-state index is 0.642. The number of anilines is 2. The maximum absolute atomic E-state index is 5.85. The van der Waals surface area contributed by atoms with Crippen molar-refractivity contribution in [3.63, 3.8) is 0 Å². The summed E-state index contributed by atoms with van der Waals surface area (Å²) in [6.07, 6.45) is 21.6. The minimum Gasteiger partial charge on any atom is -0.493 e. The number of nitrogens with two attached hydrogens (primary N) is 2. The Morgan fingerprint density at radius 2 is 1.07 bits per heavy atom. The molecule has 224 valence electrons. The minimum atomic E-state index is 0.642. The highest BCUT2D eigenvalue weighted by Gasteiger charge is 2.23. The first-order valence-corrected chi connectivity index (χ1v) is 16.7. The molecule has 2 aliphatic rings. The number of benzene rings is 3. The number of ether oxygens (including phenoxy) is 1. The summed E-state index contributed by atoms with van der Waals surface area (Å²) in [5, 5.41) is 0. The number of nitrogen functional groups attached to an aromatic ring is 2. The third-order valence-electron chi connectivity index (χ3n) is 9.75. The normalized spacial score (nSPS) is 22.8. The van der Waals surface area contributed by atoms with Gasteiger partial charge in [-0.05, 0) is 129 Å². The third kappa shape index (κ3) is 8.90. The van der Waals surface area contributed by atoms with E-state index in [1.165, 1.54) is 87.3 Å². The highest BCUT2D eigenvalue weighted by molar-refractivity contribution is 5.56. The molecule has 4 N–H and O–H groups in total. The zero-order chi connectivity index (χ0) is 29.1. The Balaban J connectivity index is 0.986. The van der Waals surface area contributed by atoms with Crippen molar-refractivity contribution in [2.75, 3.05) is 18.1 Å². The molecule has 0 atom stereocenters. The van der Waals surface area contributed by atoms with E-state index < -0.39 is 0 Å². The predicted octanol–water partition coefficient (Wildman–Crippen LogP) is 10.0. The fourth-order valence-electron chi connectivity index (χ4n) is 7.09. The molecule has 3 aromatic rings. The van der Waals surface area contributed by atoms with E-state index in [-0.39, 0.29) is 0 Å². The van der Waals surface area contributed by atoms with Crippen molar-refractivity contribution in [2.45, 2.75) is 102 Å². The fraction of sp³-hybridized carbons (Fsp3) is 0.487. The van der Waals surface area contributed by atoms with Crippen LogP contribution in [0, 0.1) is 11.8 Å². The van der Waals surface area contributed by atoms with Crippen LogP contribution in [0.5, 0.6) is 5.75 Å². The summed E-state index contributed by atoms with van der Waals surface area (Å²) in [6, 6.07) is 24.3.